The van der Waals surface area contributed by atoms with Crippen molar-refractivity contribution in [2.24, 2.45) is 5.92 Å². The first kappa shape index (κ1) is 18.5. The molecule has 8 heteroatoms. The molecule has 0 bridgehead atoms. The van der Waals surface area contributed by atoms with Gasteiger partial charge in [0.25, 0.3) is 0 Å². The van der Waals surface area contributed by atoms with Crippen LogP contribution in [0, 0.1) is 5.92 Å². The van der Waals surface area contributed by atoms with Gasteiger partial charge in [-0.05, 0) is 38.6 Å². The van der Waals surface area contributed by atoms with Crippen LogP contribution < -0.4 is 5.32 Å². The second kappa shape index (κ2) is 7.67. The van der Waals surface area contributed by atoms with E-state index in [4.69, 9.17) is 4.74 Å². The molecule has 2 unspecified atom stereocenters. The monoisotopic (exact) mass is 321 g/mol. The summed E-state index contributed by atoms with van der Waals surface area (Å²) in [6.07, 6.45) is -8.85. The van der Waals surface area contributed by atoms with Gasteiger partial charge in [-0.3, -0.25) is 0 Å². The van der Waals surface area contributed by atoms with Crippen molar-refractivity contribution in [2.75, 3.05) is 13.2 Å². The zero-order valence-electron chi connectivity index (χ0n) is 11.9. The predicted octanol–water partition coefficient (Wildman–Crippen LogP) is 4.05. The van der Waals surface area contributed by atoms with Crippen LogP contribution >= 0.6 is 0 Å². The Labute approximate surface area is 120 Å². The van der Waals surface area contributed by atoms with Gasteiger partial charge in [0, 0.05) is 12.6 Å². The number of rotatable bonds is 7. The maximum Gasteiger partial charge on any atom is 0.401 e. The molecule has 0 aromatic rings. The van der Waals surface area contributed by atoms with Crippen LogP contribution in [0.25, 0.3) is 0 Å². The Morgan fingerprint density at radius 3 is 2.19 bits per heavy atom. The Hall–Kier alpha value is -0.500. The average Bonchev–Trinajstić information content (AvgIpc) is 2.81. The van der Waals surface area contributed by atoms with Gasteiger partial charge in [0.1, 0.15) is 0 Å². The van der Waals surface area contributed by atoms with Crippen LogP contribution in [0.15, 0.2) is 0 Å². The number of hydrogen-bond donors (Lipinski definition) is 1. The van der Waals surface area contributed by atoms with E-state index in [9.17, 15) is 26.3 Å². The highest BCUT2D eigenvalue weighted by molar-refractivity contribution is 4.88. The minimum atomic E-state index is -5.31. The van der Waals surface area contributed by atoms with Crippen molar-refractivity contribution in [1.82, 2.24) is 5.32 Å². The lowest BCUT2D eigenvalue weighted by atomic mass is 9.92. The molecule has 1 fully saturated rings. The topological polar surface area (TPSA) is 21.3 Å². The molecule has 1 saturated heterocycles. The SMILES string of the molecule is CCCNC(CCC1CCCO1)C(C(F)(F)F)C(F)(F)F. The summed E-state index contributed by atoms with van der Waals surface area (Å²) >= 11 is 0. The fourth-order valence-electron chi connectivity index (χ4n) is 2.60. The normalized spacial score (nSPS) is 22.0. The first-order valence-corrected chi connectivity index (χ1v) is 7.14. The molecule has 0 spiro atoms. The third-order valence-corrected chi connectivity index (χ3v) is 3.59. The van der Waals surface area contributed by atoms with Crippen LogP contribution in [0.3, 0.4) is 0 Å². The van der Waals surface area contributed by atoms with Gasteiger partial charge in [-0.25, -0.2) is 0 Å². The Morgan fingerprint density at radius 2 is 1.76 bits per heavy atom. The lowest BCUT2D eigenvalue weighted by Gasteiger charge is -2.32. The Kier molecular flexibility index (Phi) is 6.77. The maximum atomic E-state index is 12.8. The smallest absolute Gasteiger partial charge is 0.378 e. The van der Waals surface area contributed by atoms with E-state index in [1.165, 1.54) is 0 Å². The van der Waals surface area contributed by atoms with Gasteiger partial charge >= 0.3 is 12.4 Å². The molecule has 0 aliphatic carbocycles. The molecule has 0 saturated carbocycles. The van der Waals surface area contributed by atoms with E-state index in [0.29, 0.717) is 19.4 Å². The van der Waals surface area contributed by atoms with Crippen molar-refractivity contribution >= 4 is 0 Å². The summed E-state index contributed by atoms with van der Waals surface area (Å²) in [4.78, 5) is 0. The molecule has 0 radical (unpaired) electrons. The minimum Gasteiger partial charge on any atom is -0.378 e. The summed E-state index contributed by atoms with van der Waals surface area (Å²) < 4.78 is 82.1. The third-order valence-electron chi connectivity index (χ3n) is 3.59. The number of ether oxygens (including phenoxy) is 1. The Bertz CT molecular complexity index is 284. The van der Waals surface area contributed by atoms with Gasteiger partial charge in [-0.2, -0.15) is 26.3 Å². The molecular weight excluding hydrogens is 300 g/mol. The van der Waals surface area contributed by atoms with Gasteiger partial charge in [0.2, 0.25) is 0 Å². The average molecular weight is 321 g/mol. The van der Waals surface area contributed by atoms with Crippen LogP contribution in [0.5, 0.6) is 0 Å². The van der Waals surface area contributed by atoms with Crippen LogP contribution in [0.1, 0.15) is 39.0 Å². The van der Waals surface area contributed by atoms with Crippen molar-refractivity contribution < 1.29 is 31.1 Å². The third kappa shape index (κ3) is 6.02. The zero-order valence-corrected chi connectivity index (χ0v) is 11.9. The van der Waals surface area contributed by atoms with Gasteiger partial charge in [-0.1, -0.05) is 6.92 Å². The predicted molar refractivity (Wildman–Crippen MR) is 65.9 cm³/mol. The molecule has 126 valence electrons. The molecule has 2 nitrogen and oxygen atoms in total. The molecular formula is C13H21F6NO. The van der Waals surface area contributed by atoms with Gasteiger partial charge in [0.15, 0.2) is 5.92 Å². The molecule has 21 heavy (non-hydrogen) atoms. The summed E-state index contributed by atoms with van der Waals surface area (Å²) in [5, 5.41) is 2.41. The molecule has 0 aromatic carbocycles. The van der Waals surface area contributed by atoms with Crippen molar-refractivity contribution in [1.29, 1.82) is 0 Å². The zero-order chi connectivity index (χ0) is 16.1. The van der Waals surface area contributed by atoms with E-state index in [1.54, 1.807) is 6.92 Å². The molecule has 1 N–H and O–H groups in total. The highest BCUT2D eigenvalue weighted by atomic mass is 19.4. The lowest BCUT2D eigenvalue weighted by molar-refractivity contribution is -0.292. The first-order chi connectivity index (χ1) is 9.66. The molecule has 1 heterocycles. The highest BCUT2D eigenvalue weighted by Crippen LogP contribution is 2.42. The fraction of sp³-hybridized carbons (Fsp3) is 1.00. The van der Waals surface area contributed by atoms with E-state index in [2.05, 4.69) is 5.32 Å². The number of nitrogens with one attached hydrogen (secondary N) is 1. The molecule has 0 amide bonds. The second-order valence-electron chi connectivity index (χ2n) is 5.33. The van der Waals surface area contributed by atoms with Gasteiger partial charge < -0.3 is 10.1 Å². The Balaban J connectivity index is 2.75. The summed E-state index contributed by atoms with van der Waals surface area (Å²) in [5.74, 6) is -3.34. The van der Waals surface area contributed by atoms with Crippen LogP contribution in [0.4, 0.5) is 26.3 Å². The highest BCUT2D eigenvalue weighted by Gasteiger charge is 2.59. The second-order valence-corrected chi connectivity index (χ2v) is 5.33. The van der Waals surface area contributed by atoms with E-state index >= 15 is 0 Å². The summed E-state index contributed by atoms with van der Waals surface area (Å²) in [6.45, 7) is 2.35. The summed E-state index contributed by atoms with van der Waals surface area (Å²) in [6, 6.07) is -1.66. The van der Waals surface area contributed by atoms with E-state index in [1.807, 2.05) is 0 Å². The van der Waals surface area contributed by atoms with Gasteiger partial charge in [0.05, 0.1) is 6.10 Å². The van der Waals surface area contributed by atoms with Crippen molar-refractivity contribution in [3.63, 3.8) is 0 Å². The van der Waals surface area contributed by atoms with Crippen molar-refractivity contribution in [3.05, 3.63) is 0 Å². The standard InChI is InChI=1S/C13H21F6NO/c1-2-7-20-10(6-5-9-4-3-8-21-9)11(12(14,15)16)13(17,18)19/h9-11,20H,2-8H2,1H3. The van der Waals surface area contributed by atoms with Crippen molar-refractivity contribution in [3.8, 4) is 0 Å². The summed E-state index contributed by atoms with van der Waals surface area (Å²) in [5.41, 5.74) is 0. The van der Waals surface area contributed by atoms with Gasteiger partial charge in [-0.15, -0.1) is 0 Å². The molecule has 1 rings (SSSR count). The largest absolute Gasteiger partial charge is 0.401 e. The van der Waals surface area contributed by atoms with E-state index in [-0.39, 0.29) is 25.5 Å². The van der Waals surface area contributed by atoms with Crippen LogP contribution in [-0.2, 0) is 4.74 Å². The quantitative estimate of drug-likeness (QED) is 0.714. The van der Waals surface area contributed by atoms with Crippen LogP contribution in [0.2, 0.25) is 0 Å². The minimum absolute atomic E-state index is 0.124. The van der Waals surface area contributed by atoms with E-state index in [0.717, 1.165) is 6.42 Å². The van der Waals surface area contributed by atoms with E-state index < -0.39 is 24.3 Å². The molecule has 1 aliphatic heterocycles. The molecule has 2 atom stereocenters. The fourth-order valence-corrected chi connectivity index (χ4v) is 2.60. The molecule has 1 aliphatic rings. The number of alkyl halides is 6. The maximum absolute atomic E-state index is 12.8. The number of hydrogen-bond acceptors (Lipinski definition) is 2. The van der Waals surface area contributed by atoms with Crippen LogP contribution in [-0.4, -0.2) is 37.7 Å². The lowest BCUT2D eigenvalue weighted by Crippen LogP contribution is -2.51. The summed E-state index contributed by atoms with van der Waals surface area (Å²) in [7, 11) is 0. The Morgan fingerprint density at radius 1 is 1.14 bits per heavy atom. The molecule has 0 aromatic heterocycles. The number of halogens is 6. The first-order valence-electron chi connectivity index (χ1n) is 7.14. The van der Waals surface area contributed by atoms with Crippen molar-refractivity contribution in [2.45, 2.75) is 63.5 Å².